The van der Waals surface area contributed by atoms with E-state index in [0.29, 0.717) is 18.8 Å². The molecular formula is C32H67NO7Si3. The SMILES string of the molecule is C=C(C)C(=O)OCCNC(=O)OCCOCCC[Si](C)(C)C(CC)(CC)O[Si](C)(C)C(CC)(CC)O[Si](C)(C)CCCC. The molecule has 0 aliphatic carbocycles. The Balaban J connectivity index is 5.05. The highest BCUT2D eigenvalue weighted by molar-refractivity contribution is 6.83. The van der Waals surface area contributed by atoms with Crippen molar-refractivity contribution in [3.63, 3.8) is 0 Å². The highest BCUT2D eigenvalue weighted by Gasteiger charge is 2.56. The second kappa shape index (κ2) is 19.5. The highest BCUT2D eigenvalue weighted by atomic mass is 28.4. The third kappa shape index (κ3) is 13.5. The van der Waals surface area contributed by atoms with Crippen molar-refractivity contribution in [1.82, 2.24) is 5.32 Å². The zero-order chi connectivity index (χ0) is 33.4. The smallest absolute Gasteiger partial charge is 0.407 e. The zero-order valence-corrected chi connectivity index (χ0v) is 33.0. The van der Waals surface area contributed by atoms with Gasteiger partial charge in [-0.2, -0.15) is 0 Å². The summed E-state index contributed by atoms with van der Waals surface area (Å²) in [6.07, 6.45) is 6.84. The van der Waals surface area contributed by atoms with Gasteiger partial charge in [0.1, 0.15) is 13.2 Å². The summed E-state index contributed by atoms with van der Waals surface area (Å²) in [6.45, 7) is 32.5. The molecule has 1 N–H and O–H groups in total. The third-order valence-electron chi connectivity index (χ3n) is 9.17. The minimum Gasteiger partial charge on any atom is -0.460 e. The molecule has 0 unspecified atom stereocenters. The van der Waals surface area contributed by atoms with Crippen molar-refractivity contribution in [3.8, 4) is 0 Å². The van der Waals surface area contributed by atoms with E-state index in [4.69, 9.17) is 23.1 Å². The number of ether oxygens (including phenoxy) is 3. The van der Waals surface area contributed by atoms with Crippen LogP contribution in [0.25, 0.3) is 0 Å². The van der Waals surface area contributed by atoms with Crippen LogP contribution < -0.4 is 5.32 Å². The largest absolute Gasteiger partial charge is 0.460 e. The number of alkyl carbamates (subject to hydrolysis) is 1. The number of unbranched alkanes of at least 4 members (excludes halogenated alkanes) is 1. The van der Waals surface area contributed by atoms with Gasteiger partial charge in [0.15, 0.2) is 8.32 Å². The molecule has 0 fully saturated rings. The van der Waals surface area contributed by atoms with Gasteiger partial charge in [0.05, 0.1) is 26.4 Å². The van der Waals surface area contributed by atoms with Gasteiger partial charge in [-0.05, 0) is 71.3 Å². The van der Waals surface area contributed by atoms with Crippen LogP contribution in [-0.2, 0) is 27.9 Å². The van der Waals surface area contributed by atoms with Crippen LogP contribution in [0.2, 0.25) is 51.4 Å². The second-order valence-electron chi connectivity index (χ2n) is 13.6. The van der Waals surface area contributed by atoms with E-state index < -0.39 is 36.8 Å². The van der Waals surface area contributed by atoms with Gasteiger partial charge >= 0.3 is 12.1 Å². The van der Waals surface area contributed by atoms with Crippen LogP contribution >= 0.6 is 0 Å². The molecule has 0 aromatic carbocycles. The van der Waals surface area contributed by atoms with Crippen LogP contribution in [0.4, 0.5) is 4.79 Å². The maximum absolute atomic E-state index is 11.8. The van der Waals surface area contributed by atoms with Crippen molar-refractivity contribution in [2.45, 2.75) is 148 Å². The number of hydrogen-bond acceptors (Lipinski definition) is 7. The summed E-state index contributed by atoms with van der Waals surface area (Å²) in [5.74, 6) is -0.477. The molecule has 0 heterocycles. The fourth-order valence-electron chi connectivity index (χ4n) is 6.23. The van der Waals surface area contributed by atoms with E-state index in [-0.39, 0.29) is 30.2 Å². The number of carbonyl (C=O) groups is 2. The lowest BCUT2D eigenvalue weighted by Gasteiger charge is -2.55. The molecule has 43 heavy (non-hydrogen) atoms. The number of amides is 1. The molecule has 254 valence electrons. The van der Waals surface area contributed by atoms with Crippen LogP contribution in [0.1, 0.15) is 86.5 Å². The Morgan fingerprint density at radius 3 is 1.81 bits per heavy atom. The fourth-order valence-corrected chi connectivity index (χ4v) is 19.1. The molecule has 0 saturated carbocycles. The van der Waals surface area contributed by atoms with Gasteiger partial charge in [-0.15, -0.1) is 0 Å². The summed E-state index contributed by atoms with van der Waals surface area (Å²) < 4.78 is 30.7. The van der Waals surface area contributed by atoms with Crippen molar-refractivity contribution in [2.75, 3.05) is 33.0 Å². The Morgan fingerprint density at radius 1 is 0.721 bits per heavy atom. The summed E-state index contributed by atoms with van der Waals surface area (Å²) >= 11 is 0. The van der Waals surface area contributed by atoms with E-state index in [1.807, 2.05) is 0 Å². The molecule has 0 aromatic rings. The maximum atomic E-state index is 11.8. The van der Waals surface area contributed by atoms with Gasteiger partial charge in [-0.25, -0.2) is 9.59 Å². The highest BCUT2D eigenvalue weighted by Crippen LogP contribution is 2.44. The Kier molecular flexibility index (Phi) is 19.1. The van der Waals surface area contributed by atoms with Gasteiger partial charge in [-0.1, -0.05) is 73.2 Å². The topological polar surface area (TPSA) is 92.3 Å². The van der Waals surface area contributed by atoms with Crippen molar-refractivity contribution < 1.29 is 32.7 Å². The Labute approximate surface area is 267 Å². The van der Waals surface area contributed by atoms with E-state index in [9.17, 15) is 9.59 Å². The average molecular weight is 662 g/mol. The first kappa shape index (κ1) is 42.0. The zero-order valence-electron chi connectivity index (χ0n) is 30.0. The fraction of sp³-hybridized carbons (Fsp3) is 0.875. The summed E-state index contributed by atoms with van der Waals surface area (Å²) in [6, 6.07) is 2.30. The summed E-state index contributed by atoms with van der Waals surface area (Å²) in [5.41, 5.74) is 0.322. The molecule has 11 heteroatoms. The second-order valence-corrected chi connectivity index (χ2v) is 27.1. The summed E-state index contributed by atoms with van der Waals surface area (Å²) in [5, 5.41) is 2.26. The number of carbonyl (C=O) groups excluding carboxylic acids is 2. The van der Waals surface area contributed by atoms with Crippen LogP contribution in [0.3, 0.4) is 0 Å². The maximum Gasteiger partial charge on any atom is 0.407 e. The number of nitrogens with one attached hydrogen (secondary N) is 1. The number of hydrogen-bond donors (Lipinski definition) is 1. The first-order valence-corrected chi connectivity index (χ1v) is 25.9. The van der Waals surface area contributed by atoms with Crippen molar-refractivity contribution in [2.24, 2.45) is 0 Å². The molecule has 1 amide bonds. The van der Waals surface area contributed by atoms with Gasteiger partial charge in [0, 0.05) is 17.4 Å². The molecule has 8 nitrogen and oxygen atoms in total. The molecule has 0 atom stereocenters. The molecule has 0 aromatic heterocycles. The monoisotopic (exact) mass is 661 g/mol. The molecule has 0 aliphatic rings. The molecule has 0 radical (unpaired) electrons. The van der Waals surface area contributed by atoms with Crippen LogP contribution in [0.15, 0.2) is 12.2 Å². The molecule has 0 saturated heterocycles. The molecule has 0 spiro atoms. The molecule has 0 aliphatic heterocycles. The minimum atomic E-state index is -2.29. The minimum absolute atomic E-state index is 0.0704. The molecule has 0 bridgehead atoms. The van der Waals surface area contributed by atoms with Crippen LogP contribution in [0, 0.1) is 0 Å². The van der Waals surface area contributed by atoms with E-state index in [1.54, 1.807) is 6.92 Å². The molecule has 0 rings (SSSR count). The van der Waals surface area contributed by atoms with E-state index >= 15 is 0 Å². The summed E-state index contributed by atoms with van der Waals surface area (Å²) in [4.78, 5) is 23.2. The van der Waals surface area contributed by atoms with Gasteiger partial charge in [0.2, 0.25) is 8.32 Å². The van der Waals surface area contributed by atoms with Crippen LogP contribution in [0.5, 0.6) is 0 Å². The number of rotatable bonds is 24. The Bertz CT molecular complexity index is 841. The normalized spacial score (nSPS) is 13.1. The average Bonchev–Trinajstić information content (AvgIpc) is 2.94. The van der Waals surface area contributed by atoms with Crippen molar-refractivity contribution in [1.29, 1.82) is 0 Å². The lowest BCUT2D eigenvalue weighted by molar-refractivity contribution is -0.138. The standard InChI is InChI=1S/C32H67NO7Si3/c1-14-19-27-42(10,11)39-32(17-4,18-5)43(12,13)40-31(15-2,16-3)41(8,9)26-20-22-36-24-25-38-30(35)33-21-23-37-29(34)28(6)7/h6,14-27H2,1-5,7-13H3,(H,33,35). The van der Waals surface area contributed by atoms with Crippen molar-refractivity contribution >= 4 is 36.8 Å². The lowest BCUT2D eigenvalue weighted by atomic mass is 10.2. The Morgan fingerprint density at radius 2 is 1.30 bits per heavy atom. The van der Waals surface area contributed by atoms with Gasteiger partial charge in [0.25, 0.3) is 0 Å². The third-order valence-corrected chi connectivity index (χ3v) is 20.9. The molecular weight excluding hydrogens is 595 g/mol. The predicted molar refractivity (Wildman–Crippen MR) is 186 cm³/mol. The first-order chi connectivity index (χ1) is 19.9. The first-order valence-electron chi connectivity index (χ1n) is 16.7. The van der Waals surface area contributed by atoms with E-state index in [0.717, 1.165) is 38.1 Å². The quantitative estimate of drug-likeness (QED) is 0.0481. The van der Waals surface area contributed by atoms with Crippen LogP contribution in [-0.4, -0.2) is 80.2 Å². The Hall–Kier alpha value is -0.989. The predicted octanol–water partition coefficient (Wildman–Crippen LogP) is 8.39. The lowest BCUT2D eigenvalue weighted by Crippen LogP contribution is -2.68. The summed E-state index contributed by atoms with van der Waals surface area (Å²) in [7, 11) is -5.95. The van der Waals surface area contributed by atoms with Gasteiger partial charge < -0.3 is 28.4 Å². The number of esters is 1. The van der Waals surface area contributed by atoms with E-state index in [1.165, 1.54) is 18.9 Å². The van der Waals surface area contributed by atoms with Crippen molar-refractivity contribution in [3.05, 3.63) is 12.2 Å². The van der Waals surface area contributed by atoms with E-state index in [2.05, 4.69) is 85.8 Å². The van der Waals surface area contributed by atoms with Gasteiger partial charge in [-0.3, -0.25) is 0 Å².